The maximum Gasteiger partial charge on any atom is 1.00 e. The van der Waals surface area contributed by atoms with Crippen molar-refractivity contribution in [2.75, 3.05) is 30.9 Å². The first-order valence-corrected chi connectivity index (χ1v) is 30.6. The van der Waals surface area contributed by atoms with E-state index in [0.29, 0.717) is 110 Å². The van der Waals surface area contributed by atoms with Crippen LogP contribution in [-0.2, 0) is 95.5 Å². The van der Waals surface area contributed by atoms with E-state index in [1.165, 1.54) is 39.3 Å². The molecular formula is C57H69BBr3IN12NaO10. The first-order valence-electron chi connectivity index (χ1n) is 26.7. The zero-order valence-electron chi connectivity index (χ0n) is 50.4. The third-order valence-corrected chi connectivity index (χ3v) is 14.8. The number of carbonyl (C=O) groups excluding carboxylic acids is 1. The summed E-state index contributed by atoms with van der Waals surface area (Å²) in [5.74, 6) is 1.69. The fraction of sp³-hybridized carbons (Fsp3) is 0.404. The van der Waals surface area contributed by atoms with E-state index in [1.807, 2.05) is 88.9 Å². The van der Waals surface area contributed by atoms with Crippen molar-refractivity contribution < 1.29 is 50.4 Å². The molecule has 0 atom stereocenters. The topological polar surface area (TPSA) is 241 Å². The predicted molar refractivity (Wildman–Crippen MR) is 347 cm³/mol. The number of carbonyl (C=O) groups is 1. The van der Waals surface area contributed by atoms with Crippen molar-refractivity contribution in [1.82, 2.24) is 56.1 Å². The molecule has 449 valence electrons. The summed E-state index contributed by atoms with van der Waals surface area (Å²) in [5.41, 5.74) is 2.97. The predicted octanol–water partition coefficient (Wildman–Crippen LogP) is 3.30. The normalized spacial score (nSPS) is 10.8. The standard InChI is InChI=1S/C19H21BrN4O4.C19H23BrN4O3.C17H19BrN4O3.C2H5I.B.Na.H/c1-4-28-15(25)9-8-14-21-17-16(18(26)23(3)19(27)22(17)2)24(14)11-12-6-5-7-13(20)10-12;1-4-27-10-6-9-15-21-17-16(18(25)23(3)19(26)22(17)2)24(15)12-13-7-5-8-14(20)11-13;1-20-15-14(16(24)21(2)17(20)25)22(13(19-15)7-4-8-23)10-11-5-3-6-12(18)9-11;1-2-3;;;/h5-7,10H,4,8-9,11H2,1-3H3;5,7-8,11H,4,6,9-10,12H2,1-3H3;3,5-6,9,23H,4,7-8,10H2,1-2H3;2H2,1H3;;;/q;;;;;+1;-1. The van der Waals surface area contributed by atoms with Crippen LogP contribution in [0.4, 0.5) is 0 Å². The van der Waals surface area contributed by atoms with Crippen molar-refractivity contribution in [2.24, 2.45) is 42.3 Å². The van der Waals surface area contributed by atoms with Gasteiger partial charge in [-0.2, -0.15) is 0 Å². The molecule has 6 heterocycles. The number of benzene rings is 3. The molecule has 0 saturated carbocycles. The Labute approximate surface area is 554 Å². The minimum atomic E-state index is -0.443. The van der Waals surface area contributed by atoms with Crippen molar-refractivity contribution in [1.29, 1.82) is 0 Å². The Morgan fingerprint density at radius 3 is 1.18 bits per heavy atom. The molecule has 0 aliphatic heterocycles. The van der Waals surface area contributed by atoms with Crippen LogP contribution in [-0.4, -0.2) is 106 Å². The Hall–Kier alpha value is -5.27. The van der Waals surface area contributed by atoms with E-state index in [4.69, 9.17) is 14.6 Å². The van der Waals surface area contributed by atoms with Crippen LogP contribution in [0.25, 0.3) is 33.5 Å². The summed E-state index contributed by atoms with van der Waals surface area (Å²) >= 11 is 12.7. The molecular weight excluding hydrogens is 1410 g/mol. The summed E-state index contributed by atoms with van der Waals surface area (Å²) in [7, 11) is 9.23. The molecule has 1 N–H and O–H groups in total. The van der Waals surface area contributed by atoms with Crippen LogP contribution in [0.2, 0.25) is 0 Å². The Morgan fingerprint density at radius 1 is 0.541 bits per heavy atom. The van der Waals surface area contributed by atoms with Crippen molar-refractivity contribution in [3.8, 4) is 0 Å². The zero-order valence-corrected chi connectivity index (χ0v) is 58.3. The summed E-state index contributed by atoms with van der Waals surface area (Å²) in [5, 5.41) is 9.15. The van der Waals surface area contributed by atoms with E-state index in [1.54, 1.807) is 32.6 Å². The van der Waals surface area contributed by atoms with Crippen molar-refractivity contribution in [3.63, 3.8) is 0 Å². The van der Waals surface area contributed by atoms with Crippen LogP contribution in [0.3, 0.4) is 0 Å². The molecule has 0 amide bonds. The quantitative estimate of drug-likeness (QED) is 0.0427. The average molecular weight is 1480 g/mol. The summed E-state index contributed by atoms with van der Waals surface area (Å²) < 4.78 is 27.5. The molecule has 28 heteroatoms. The number of aliphatic hydroxyl groups excluding tert-OH is 1. The van der Waals surface area contributed by atoms with Crippen LogP contribution in [0.5, 0.6) is 0 Å². The number of nitrogens with zero attached hydrogens (tertiary/aromatic N) is 12. The van der Waals surface area contributed by atoms with E-state index in [0.717, 1.165) is 56.1 Å². The van der Waals surface area contributed by atoms with Gasteiger partial charge in [-0.1, -0.05) is 114 Å². The monoisotopic (exact) mass is 1480 g/mol. The molecule has 9 aromatic rings. The molecule has 85 heavy (non-hydrogen) atoms. The number of rotatable bonds is 18. The van der Waals surface area contributed by atoms with Gasteiger partial charge < -0.3 is 29.7 Å². The van der Waals surface area contributed by atoms with Gasteiger partial charge in [-0.15, -0.1) is 0 Å². The molecule has 3 aromatic carbocycles. The molecule has 3 radical (unpaired) electrons. The Kier molecular flexibility index (Phi) is 28.7. The van der Waals surface area contributed by atoms with Gasteiger partial charge in [0.15, 0.2) is 33.5 Å². The number of alkyl halides is 1. The van der Waals surface area contributed by atoms with Crippen LogP contribution in [0, 0.1) is 0 Å². The third-order valence-electron chi connectivity index (χ3n) is 13.3. The molecule has 0 saturated heterocycles. The molecule has 22 nitrogen and oxygen atoms in total. The first kappa shape index (κ1) is 72.2. The first-order chi connectivity index (χ1) is 39.6. The largest absolute Gasteiger partial charge is 1.00 e. The summed E-state index contributed by atoms with van der Waals surface area (Å²) in [6.45, 7) is 8.83. The number of aryl methyl sites for hydroxylation is 6. The van der Waals surface area contributed by atoms with Gasteiger partial charge in [0, 0.05) is 123 Å². The maximum absolute atomic E-state index is 12.8. The second kappa shape index (κ2) is 33.7. The average Bonchev–Trinajstić information content (AvgIpc) is 2.51. The van der Waals surface area contributed by atoms with E-state index in [-0.39, 0.29) is 75.2 Å². The van der Waals surface area contributed by atoms with Gasteiger partial charge in [-0.05, 0) is 84.2 Å². The maximum atomic E-state index is 12.8. The van der Waals surface area contributed by atoms with Gasteiger partial charge in [-0.3, -0.25) is 46.6 Å². The molecule has 0 fully saturated rings. The van der Waals surface area contributed by atoms with Crippen molar-refractivity contribution in [3.05, 3.63) is 183 Å². The Morgan fingerprint density at radius 2 is 0.871 bits per heavy atom. The molecule has 0 bridgehead atoms. The summed E-state index contributed by atoms with van der Waals surface area (Å²) in [6.07, 6.45) is 2.97. The number of aliphatic hydroxyl groups is 1. The van der Waals surface area contributed by atoms with Gasteiger partial charge >= 0.3 is 52.6 Å². The number of esters is 1. The third kappa shape index (κ3) is 17.5. The number of aromatic nitrogens is 12. The molecule has 0 aliphatic carbocycles. The fourth-order valence-electron chi connectivity index (χ4n) is 9.17. The molecule has 0 unspecified atom stereocenters. The van der Waals surface area contributed by atoms with Gasteiger partial charge in [0.2, 0.25) is 0 Å². The van der Waals surface area contributed by atoms with Gasteiger partial charge in [0.25, 0.3) is 16.7 Å². The second-order valence-electron chi connectivity index (χ2n) is 19.1. The smallest absolute Gasteiger partial charge is 1.00 e. The SMILES string of the molecule is CCI.CCOC(=O)CCc1nc2c(c(=O)n(C)c(=O)n2C)n1Cc1cccc(Br)c1.CCOCCCc1nc2c(c(=O)n(C)c(=O)n2C)n1Cc1cccc(Br)c1.Cn1c(=O)c2c(nc(CCCO)n2Cc2cccc(Br)c2)n(C)c1=O.[B].[H-].[Na+]. The molecule has 6 aromatic heterocycles. The Bertz CT molecular complexity index is 4170. The minimum absolute atomic E-state index is 0. The fourth-order valence-corrected chi connectivity index (χ4v) is 10.5. The number of ether oxygens (including phenoxy) is 2. The van der Waals surface area contributed by atoms with E-state index in [9.17, 15) is 33.6 Å². The van der Waals surface area contributed by atoms with Crippen LogP contribution in [0.15, 0.2) is 115 Å². The van der Waals surface area contributed by atoms with Crippen molar-refractivity contribution in [2.45, 2.75) is 78.9 Å². The van der Waals surface area contributed by atoms with Crippen LogP contribution in [0.1, 0.15) is 75.6 Å². The van der Waals surface area contributed by atoms with Crippen LogP contribution >= 0.6 is 70.4 Å². The summed E-state index contributed by atoms with van der Waals surface area (Å²) in [6, 6.07) is 23.5. The van der Waals surface area contributed by atoms with E-state index < -0.39 is 16.9 Å². The number of halogens is 4. The number of hydrogen-bond acceptors (Lipinski definition) is 13. The number of hydrogen-bond donors (Lipinski definition) is 1. The minimum Gasteiger partial charge on any atom is -1.00 e. The second-order valence-corrected chi connectivity index (χ2v) is 23.3. The number of imidazole rings is 3. The van der Waals surface area contributed by atoms with Crippen LogP contribution < -0.4 is 63.3 Å². The molecule has 0 aliphatic rings. The zero-order chi connectivity index (χ0) is 60.8. The van der Waals surface area contributed by atoms with Crippen molar-refractivity contribution >= 4 is 118 Å². The van der Waals surface area contributed by atoms with Gasteiger partial charge in [0.1, 0.15) is 17.5 Å². The van der Waals surface area contributed by atoms with Gasteiger partial charge in [-0.25, -0.2) is 29.3 Å². The molecule has 0 spiro atoms. The summed E-state index contributed by atoms with van der Waals surface area (Å²) in [4.78, 5) is 101. The van der Waals surface area contributed by atoms with E-state index in [2.05, 4.69) is 92.3 Å². The number of fused-ring (bicyclic) bond motifs is 3. The Balaban J connectivity index is 0.000000325. The van der Waals surface area contributed by atoms with Gasteiger partial charge in [0.05, 0.1) is 13.0 Å². The molecule has 9 rings (SSSR count). The van der Waals surface area contributed by atoms with E-state index >= 15 is 0 Å².